The van der Waals surface area contributed by atoms with E-state index in [9.17, 15) is 0 Å². The van der Waals surface area contributed by atoms with Crippen LogP contribution in [0.2, 0.25) is 5.02 Å². The minimum absolute atomic E-state index is 0.246. The highest BCUT2D eigenvalue weighted by Crippen LogP contribution is 2.31. The van der Waals surface area contributed by atoms with Crippen molar-refractivity contribution in [3.63, 3.8) is 0 Å². The zero-order chi connectivity index (χ0) is 14.0. The van der Waals surface area contributed by atoms with Crippen LogP contribution in [0, 0.1) is 10.5 Å². The van der Waals surface area contributed by atoms with Crippen LogP contribution in [0.15, 0.2) is 36.4 Å². The molecule has 0 saturated carbocycles. The van der Waals surface area contributed by atoms with Gasteiger partial charge in [0.15, 0.2) is 0 Å². The number of benzene rings is 2. The maximum atomic E-state index is 6.34. The van der Waals surface area contributed by atoms with Crippen molar-refractivity contribution >= 4 is 34.2 Å². The zero-order valence-electron chi connectivity index (χ0n) is 10.8. The van der Waals surface area contributed by atoms with Gasteiger partial charge in [0.2, 0.25) is 0 Å². The fourth-order valence-electron chi connectivity index (χ4n) is 1.98. The molecule has 0 heterocycles. The fraction of sp³-hybridized carbons (Fsp3) is 0.200. The molecule has 2 aromatic carbocycles. The quantitative estimate of drug-likeness (QED) is 0.797. The van der Waals surface area contributed by atoms with Crippen LogP contribution < -0.4 is 10.5 Å². The van der Waals surface area contributed by atoms with Crippen LogP contribution in [0.25, 0.3) is 0 Å². The second-order valence-electron chi connectivity index (χ2n) is 4.40. The van der Waals surface area contributed by atoms with Gasteiger partial charge in [-0.3, -0.25) is 0 Å². The van der Waals surface area contributed by atoms with Crippen molar-refractivity contribution in [1.82, 2.24) is 0 Å². The Labute approximate surface area is 132 Å². The summed E-state index contributed by atoms with van der Waals surface area (Å²) in [4.78, 5) is 0. The molecule has 1 atom stereocenters. The van der Waals surface area contributed by atoms with E-state index in [1.807, 2.05) is 37.3 Å². The Morgan fingerprint density at radius 1 is 1.21 bits per heavy atom. The highest BCUT2D eigenvalue weighted by atomic mass is 127. The second kappa shape index (κ2) is 6.11. The van der Waals surface area contributed by atoms with E-state index < -0.39 is 0 Å². The molecule has 0 bridgehead atoms. The summed E-state index contributed by atoms with van der Waals surface area (Å²) in [6, 6.07) is 11.6. The number of ether oxygens (including phenoxy) is 1. The Morgan fingerprint density at radius 3 is 2.58 bits per heavy atom. The number of halogens is 2. The van der Waals surface area contributed by atoms with Crippen LogP contribution in [0.3, 0.4) is 0 Å². The van der Waals surface area contributed by atoms with Gasteiger partial charge in [-0.2, -0.15) is 0 Å². The Hall–Kier alpha value is -0.780. The topological polar surface area (TPSA) is 35.2 Å². The van der Waals surface area contributed by atoms with Gasteiger partial charge >= 0.3 is 0 Å². The molecule has 2 aromatic rings. The van der Waals surface area contributed by atoms with Crippen LogP contribution >= 0.6 is 34.2 Å². The summed E-state index contributed by atoms with van der Waals surface area (Å²) in [6.07, 6.45) is 0. The largest absolute Gasteiger partial charge is 0.496 e. The van der Waals surface area contributed by atoms with Crippen molar-refractivity contribution in [2.24, 2.45) is 5.73 Å². The van der Waals surface area contributed by atoms with Gasteiger partial charge in [0, 0.05) is 9.13 Å². The van der Waals surface area contributed by atoms with Gasteiger partial charge < -0.3 is 10.5 Å². The van der Waals surface area contributed by atoms with Crippen molar-refractivity contribution in [3.8, 4) is 5.75 Å². The lowest BCUT2D eigenvalue weighted by atomic mass is 9.97. The minimum Gasteiger partial charge on any atom is -0.496 e. The lowest BCUT2D eigenvalue weighted by Gasteiger charge is -2.17. The van der Waals surface area contributed by atoms with Crippen LogP contribution in [0.4, 0.5) is 0 Å². The summed E-state index contributed by atoms with van der Waals surface area (Å²) in [5.74, 6) is 0.799. The summed E-state index contributed by atoms with van der Waals surface area (Å²) >= 11 is 8.36. The molecular formula is C15H15ClINO. The lowest BCUT2D eigenvalue weighted by Crippen LogP contribution is -2.13. The number of methoxy groups -OCH3 is 1. The molecule has 19 heavy (non-hydrogen) atoms. The third kappa shape index (κ3) is 3.22. The van der Waals surface area contributed by atoms with E-state index >= 15 is 0 Å². The van der Waals surface area contributed by atoms with Crippen molar-refractivity contribution < 1.29 is 4.74 Å². The second-order valence-corrected chi connectivity index (χ2v) is 5.97. The SMILES string of the molecule is COc1ccc(C)cc1C(N)c1ccc(I)c(Cl)c1. The minimum atomic E-state index is -0.246. The fourth-order valence-corrected chi connectivity index (χ4v) is 2.51. The van der Waals surface area contributed by atoms with Gasteiger partial charge in [-0.15, -0.1) is 0 Å². The van der Waals surface area contributed by atoms with Gasteiger partial charge in [0.05, 0.1) is 18.2 Å². The third-order valence-electron chi connectivity index (χ3n) is 3.02. The Bertz CT molecular complexity index is 601. The van der Waals surface area contributed by atoms with Gasteiger partial charge in [-0.25, -0.2) is 0 Å². The van der Waals surface area contributed by atoms with Crippen molar-refractivity contribution in [3.05, 3.63) is 61.7 Å². The highest BCUT2D eigenvalue weighted by Gasteiger charge is 2.15. The van der Waals surface area contributed by atoms with E-state index in [2.05, 4.69) is 28.7 Å². The third-order valence-corrected chi connectivity index (χ3v) is 4.60. The summed E-state index contributed by atoms with van der Waals surface area (Å²) < 4.78 is 6.40. The number of hydrogen-bond acceptors (Lipinski definition) is 2. The van der Waals surface area contributed by atoms with E-state index in [1.54, 1.807) is 7.11 Å². The summed E-state index contributed by atoms with van der Waals surface area (Å²) in [5, 5.41) is 0.722. The number of aryl methyl sites for hydroxylation is 1. The van der Waals surface area contributed by atoms with E-state index in [0.29, 0.717) is 0 Å². The molecule has 0 aliphatic rings. The Balaban J connectivity index is 2.45. The van der Waals surface area contributed by atoms with E-state index in [-0.39, 0.29) is 6.04 Å². The van der Waals surface area contributed by atoms with Crippen LogP contribution in [0.5, 0.6) is 5.75 Å². The molecule has 0 fully saturated rings. The number of rotatable bonds is 3. The Kier molecular flexibility index (Phi) is 4.71. The molecule has 2 nitrogen and oxygen atoms in total. The summed E-state index contributed by atoms with van der Waals surface area (Å²) in [5.41, 5.74) is 9.45. The maximum absolute atomic E-state index is 6.34. The van der Waals surface area contributed by atoms with Crippen LogP contribution in [0.1, 0.15) is 22.7 Å². The lowest BCUT2D eigenvalue weighted by molar-refractivity contribution is 0.407. The first-order valence-corrected chi connectivity index (χ1v) is 7.33. The molecule has 0 spiro atoms. The molecule has 0 saturated heterocycles. The number of hydrogen-bond donors (Lipinski definition) is 1. The standard InChI is InChI=1S/C15H15ClINO/c1-9-3-6-14(19-2)11(7-9)15(18)10-4-5-13(17)12(16)8-10/h3-8,15H,18H2,1-2H3. The highest BCUT2D eigenvalue weighted by molar-refractivity contribution is 14.1. The summed E-state index contributed by atoms with van der Waals surface area (Å²) in [7, 11) is 1.65. The smallest absolute Gasteiger partial charge is 0.123 e. The first-order chi connectivity index (χ1) is 9.02. The first kappa shape index (κ1) is 14.6. The van der Waals surface area contributed by atoms with Gasteiger partial charge in [0.25, 0.3) is 0 Å². The van der Waals surface area contributed by atoms with Gasteiger partial charge in [-0.05, 0) is 53.3 Å². The first-order valence-electron chi connectivity index (χ1n) is 5.88. The maximum Gasteiger partial charge on any atom is 0.123 e. The average molecular weight is 388 g/mol. The van der Waals surface area contributed by atoms with E-state index in [0.717, 1.165) is 31.0 Å². The molecule has 0 radical (unpaired) electrons. The summed E-state index contributed by atoms with van der Waals surface area (Å²) in [6.45, 7) is 2.04. The molecule has 4 heteroatoms. The molecule has 100 valence electrons. The molecular weight excluding hydrogens is 373 g/mol. The molecule has 2 N–H and O–H groups in total. The van der Waals surface area contributed by atoms with Crippen molar-refractivity contribution in [1.29, 1.82) is 0 Å². The zero-order valence-corrected chi connectivity index (χ0v) is 13.7. The van der Waals surface area contributed by atoms with Crippen molar-refractivity contribution in [2.45, 2.75) is 13.0 Å². The number of nitrogens with two attached hydrogens (primary N) is 1. The van der Waals surface area contributed by atoms with Crippen LogP contribution in [-0.4, -0.2) is 7.11 Å². The van der Waals surface area contributed by atoms with E-state index in [1.165, 1.54) is 0 Å². The molecule has 1 unspecified atom stereocenters. The molecule has 2 rings (SSSR count). The predicted octanol–water partition coefficient (Wildman–Crippen LogP) is 4.31. The van der Waals surface area contributed by atoms with Gasteiger partial charge in [0.1, 0.15) is 5.75 Å². The monoisotopic (exact) mass is 387 g/mol. The van der Waals surface area contributed by atoms with Crippen LogP contribution in [-0.2, 0) is 0 Å². The van der Waals surface area contributed by atoms with E-state index in [4.69, 9.17) is 22.1 Å². The molecule has 0 amide bonds. The normalized spacial score (nSPS) is 12.3. The predicted molar refractivity (Wildman–Crippen MR) is 87.9 cm³/mol. The molecule has 0 aliphatic heterocycles. The van der Waals surface area contributed by atoms with Gasteiger partial charge in [-0.1, -0.05) is 35.4 Å². The van der Waals surface area contributed by atoms with Crippen molar-refractivity contribution in [2.75, 3.05) is 7.11 Å². The average Bonchev–Trinajstić information content (AvgIpc) is 2.41. The molecule has 0 aromatic heterocycles. The molecule has 0 aliphatic carbocycles. The Morgan fingerprint density at radius 2 is 1.95 bits per heavy atom.